The van der Waals surface area contributed by atoms with Crippen molar-refractivity contribution in [2.24, 2.45) is 35.0 Å². The molecule has 56 heavy (non-hydrogen) atoms. The van der Waals surface area contributed by atoms with Crippen LogP contribution in [-0.2, 0) is 32.0 Å². The van der Waals surface area contributed by atoms with Crippen molar-refractivity contribution >= 4 is 17.5 Å². The summed E-state index contributed by atoms with van der Waals surface area (Å²) in [4.78, 5) is 29.1. The Kier molecular flexibility index (Phi) is 10.1. The number of esters is 2. The Morgan fingerprint density at radius 2 is 1.73 bits per heavy atom. The standard InChI is InChI=1S/C49H54N2O5/c1-3-30(25-32-9-5-4-6-10-32)27-42-49-22-19-37(38-17-18-39-41(55-47(53)44(39)45(38)49)14-8-11-31-20-23-51-24-21-31)43(46(49)48(54)56-42)40-28-35(52)15-16-36(40)34-13-7-12-33(26-34)29-50-2/h4-7,9-10,12-16,26-28,30-31,37-38,45,50-52H,3,8,11,17-25,29H2,1-2H3. The van der Waals surface area contributed by atoms with E-state index in [4.69, 9.17) is 9.47 Å². The lowest BCUT2D eigenvalue weighted by molar-refractivity contribution is -0.135. The lowest BCUT2D eigenvalue weighted by Crippen LogP contribution is -2.52. The van der Waals surface area contributed by atoms with Crippen molar-refractivity contribution in [3.05, 3.63) is 130 Å². The zero-order valence-corrected chi connectivity index (χ0v) is 32.7. The van der Waals surface area contributed by atoms with E-state index >= 15 is 0 Å². The van der Waals surface area contributed by atoms with E-state index in [1.54, 1.807) is 6.07 Å². The molecule has 0 aromatic heterocycles. The van der Waals surface area contributed by atoms with Crippen molar-refractivity contribution in [2.45, 2.75) is 77.7 Å². The highest BCUT2D eigenvalue weighted by Crippen LogP contribution is 2.72. The zero-order valence-electron chi connectivity index (χ0n) is 32.7. The highest BCUT2D eigenvalue weighted by molar-refractivity contribution is 6.07. The molecule has 4 aliphatic carbocycles. The molecule has 0 amide bonds. The Balaban J connectivity index is 1.20. The van der Waals surface area contributed by atoms with Gasteiger partial charge < -0.3 is 25.2 Å². The molecule has 7 heteroatoms. The van der Waals surface area contributed by atoms with Gasteiger partial charge in [0.1, 0.15) is 17.3 Å². The molecule has 1 saturated carbocycles. The van der Waals surface area contributed by atoms with E-state index in [0.717, 1.165) is 116 Å². The number of rotatable bonds is 11. The molecule has 3 aliphatic heterocycles. The van der Waals surface area contributed by atoms with Crippen LogP contribution < -0.4 is 10.6 Å². The summed E-state index contributed by atoms with van der Waals surface area (Å²) in [7, 11) is 1.94. The quantitative estimate of drug-likeness (QED) is 0.168. The van der Waals surface area contributed by atoms with Gasteiger partial charge in [0.15, 0.2) is 0 Å². The number of phenols is 1. The minimum Gasteiger partial charge on any atom is -0.508 e. The Morgan fingerprint density at radius 1 is 0.911 bits per heavy atom. The fourth-order valence-electron chi connectivity index (χ4n) is 11.3. The zero-order chi connectivity index (χ0) is 38.4. The average molecular weight is 751 g/mol. The molecule has 0 radical (unpaired) electrons. The van der Waals surface area contributed by atoms with Gasteiger partial charge in [-0.05, 0) is 172 Å². The molecule has 7 aliphatic rings. The Labute approximate surface area is 331 Å². The highest BCUT2D eigenvalue weighted by atomic mass is 16.5. The lowest BCUT2D eigenvalue weighted by Gasteiger charge is -2.56. The van der Waals surface area contributed by atoms with Crippen LogP contribution in [0, 0.1) is 35.0 Å². The number of hydrogen-bond acceptors (Lipinski definition) is 7. The Hall–Kier alpha value is -4.72. The molecular weight excluding hydrogens is 697 g/mol. The predicted molar refractivity (Wildman–Crippen MR) is 219 cm³/mol. The molecule has 2 saturated heterocycles. The second-order valence-electron chi connectivity index (χ2n) is 16.9. The fraction of sp³-hybridized carbons (Fsp3) is 0.429. The van der Waals surface area contributed by atoms with Crippen LogP contribution >= 0.6 is 0 Å². The second kappa shape index (κ2) is 15.3. The number of aromatic hydroxyl groups is 1. The van der Waals surface area contributed by atoms with E-state index in [2.05, 4.69) is 78.2 Å². The number of hydrogen-bond donors (Lipinski definition) is 3. The SMILES string of the molecule is CCC(C=C1OC(=O)C2=C(c3cc(O)ccc3-c3cccc(CNC)c3)C3CCC12C1C2=C(CCC31)C(=CCCC1CCNCC1)OC2=O)Cc1ccccc1. The van der Waals surface area contributed by atoms with E-state index < -0.39 is 5.41 Å². The van der Waals surface area contributed by atoms with Crippen molar-refractivity contribution in [1.82, 2.24) is 10.6 Å². The summed E-state index contributed by atoms with van der Waals surface area (Å²) in [6, 6.07) is 24.6. The van der Waals surface area contributed by atoms with E-state index in [1.807, 2.05) is 25.2 Å². The van der Waals surface area contributed by atoms with Crippen LogP contribution in [0.2, 0.25) is 0 Å². The first kappa shape index (κ1) is 36.9. The van der Waals surface area contributed by atoms with Gasteiger partial charge >= 0.3 is 11.9 Å². The molecular formula is C49H54N2O5. The summed E-state index contributed by atoms with van der Waals surface area (Å²) in [5, 5.41) is 17.8. The number of allylic oxidation sites excluding steroid dienone is 5. The third-order valence-electron chi connectivity index (χ3n) is 13.9. The monoisotopic (exact) mass is 750 g/mol. The van der Waals surface area contributed by atoms with Gasteiger partial charge in [-0.2, -0.15) is 0 Å². The maximum Gasteiger partial charge on any atom is 0.340 e. The van der Waals surface area contributed by atoms with Gasteiger partial charge in [-0.3, -0.25) is 0 Å². The number of fused-ring (bicyclic) bond motifs is 1. The van der Waals surface area contributed by atoms with Gasteiger partial charge in [0.25, 0.3) is 0 Å². The van der Waals surface area contributed by atoms with Gasteiger partial charge in [-0.25, -0.2) is 9.59 Å². The third-order valence-corrected chi connectivity index (χ3v) is 13.9. The largest absolute Gasteiger partial charge is 0.508 e. The number of nitrogens with one attached hydrogen (secondary N) is 2. The second-order valence-corrected chi connectivity index (χ2v) is 16.9. The number of carbonyl (C=O) groups excluding carboxylic acids is 2. The van der Waals surface area contributed by atoms with E-state index in [-0.39, 0.29) is 41.4 Å². The van der Waals surface area contributed by atoms with Crippen LogP contribution in [0.25, 0.3) is 16.7 Å². The molecule has 7 nitrogen and oxygen atoms in total. The van der Waals surface area contributed by atoms with E-state index in [0.29, 0.717) is 17.3 Å². The van der Waals surface area contributed by atoms with Crippen LogP contribution in [0.1, 0.15) is 81.4 Å². The first-order valence-corrected chi connectivity index (χ1v) is 21.1. The maximum absolute atomic E-state index is 14.8. The molecule has 2 bridgehead atoms. The normalized spacial score (nSPS) is 27.7. The van der Waals surface area contributed by atoms with Crippen molar-refractivity contribution in [3.63, 3.8) is 0 Å². The van der Waals surface area contributed by atoms with Gasteiger partial charge in [0.2, 0.25) is 0 Å². The molecule has 3 aromatic rings. The van der Waals surface area contributed by atoms with Gasteiger partial charge in [0.05, 0.1) is 11.0 Å². The van der Waals surface area contributed by atoms with Crippen molar-refractivity contribution < 1.29 is 24.2 Å². The van der Waals surface area contributed by atoms with Crippen molar-refractivity contribution in [3.8, 4) is 16.9 Å². The lowest BCUT2D eigenvalue weighted by atomic mass is 9.44. The summed E-state index contributed by atoms with van der Waals surface area (Å²) >= 11 is 0. The van der Waals surface area contributed by atoms with Gasteiger partial charge in [-0.1, -0.05) is 61.5 Å². The highest BCUT2D eigenvalue weighted by Gasteiger charge is 2.68. The summed E-state index contributed by atoms with van der Waals surface area (Å²) < 4.78 is 12.8. The molecule has 5 atom stereocenters. The number of benzene rings is 3. The number of piperidine rings is 1. The molecule has 3 N–H and O–H groups in total. The molecule has 1 spiro atoms. The van der Waals surface area contributed by atoms with Crippen LogP contribution in [0.15, 0.2) is 113 Å². The molecule has 3 heterocycles. The fourth-order valence-corrected chi connectivity index (χ4v) is 11.3. The predicted octanol–water partition coefficient (Wildman–Crippen LogP) is 9.20. The molecule has 3 aromatic carbocycles. The Morgan fingerprint density at radius 3 is 2.54 bits per heavy atom. The van der Waals surface area contributed by atoms with E-state index in [1.165, 1.54) is 18.4 Å². The molecule has 290 valence electrons. The number of carbonyl (C=O) groups is 2. The summed E-state index contributed by atoms with van der Waals surface area (Å²) in [6.07, 6.45) is 13.7. The summed E-state index contributed by atoms with van der Waals surface area (Å²) in [6.45, 7) is 5.07. The maximum atomic E-state index is 14.8. The number of phenolic OH excluding ortho intramolecular Hbond substituents is 1. The van der Waals surface area contributed by atoms with Gasteiger partial charge in [-0.15, -0.1) is 0 Å². The van der Waals surface area contributed by atoms with E-state index in [9.17, 15) is 14.7 Å². The van der Waals surface area contributed by atoms with Crippen LogP contribution in [0.3, 0.4) is 0 Å². The molecule has 3 fully saturated rings. The van der Waals surface area contributed by atoms with Gasteiger partial charge in [0, 0.05) is 23.6 Å². The number of cyclic esters (lactones) is 2. The topological polar surface area (TPSA) is 96.9 Å². The minimum absolute atomic E-state index is 0.0193. The molecule has 10 rings (SSSR count). The van der Waals surface area contributed by atoms with Crippen molar-refractivity contribution in [1.29, 1.82) is 0 Å². The average Bonchev–Trinajstić information content (AvgIpc) is 3.70. The van der Waals surface area contributed by atoms with Crippen LogP contribution in [0.4, 0.5) is 0 Å². The van der Waals surface area contributed by atoms with Crippen molar-refractivity contribution in [2.75, 3.05) is 20.1 Å². The first-order chi connectivity index (χ1) is 27.4. The third kappa shape index (κ3) is 6.37. The smallest absolute Gasteiger partial charge is 0.340 e. The molecule has 5 unspecified atom stereocenters. The van der Waals surface area contributed by atoms with Crippen LogP contribution in [-0.4, -0.2) is 37.2 Å². The summed E-state index contributed by atoms with van der Waals surface area (Å²) in [5.41, 5.74) is 7.97. The Bertz CT molecular complexity index is 2160. The minimum atomic E-state index is -0.808. The summed E-state index contributed by atoms with van der Waals surface area (Å²) in [5.74, 6) is 1.78. The first-order valence-electron chi connectivity index (χ1n) is 21.1. The number of ether oxygens (including phenoxy) is 2. The van der Waals surface area contributed by atoms with Crippen LogP contribution in [0.5, 0.6) is 5.75 Å².